The van der Waals surface area contributed by atoms with Gasteiger partial charge in [-0.25, -0.2) is 17.6 Å². The number of alkyl halides is 3. The van der Waals surface area contributed by atoms with Gasteiger partial charge in [-0.05, 0) is 35.8 Å². The molecule has 0 amide bonds. The van der Waals surface area contributed by atoms with Crippen LogP contribution < -0.4 is 10.6 Å². The van der Waals surface area contributed by atoms with Crippen molar-refractivity contribution in [3.63, 3.8) is 0 Å². The fourth-order valence-corrected chi connectivity index (χ4v) is 2.44. The van der Waals surface area contributed by atoms with Crippen LogP contribution in [-0.2, 0) is 6.18 Å². The zero-order chi connectivity index (χ0) is 20.5. The van der Waals surface area contributed by atoms with E-state index in [1.54, 1.807) is 24.3 Å². The predicted molar refractivity (Wildman–Crippen MR) is 91.7 cm³/mol. The summed E-state index contributed by atoms with van der Waals surface area (Å²) in [5.41, 5.74) is -2.71. The molecule has 0 unspecified atom stereocenters. The summed E-state index contributed by atoms with van der Waals surface area (Å²) in [6.07, 6.45) is -5.61. The van der Waals surface area contributed by atoms with Crippen LogP contribution >= 0.6 is 12.2 Å². The van der Waals surface area contributed by atoms with Gasteiger partial charge >= 0.3 is 6.18 Å². The largest absolute Gasteiger partial charge is 0.422 e. The molecule has 146 valence electrons. The van der Waals surface area contributed by atoms with E-state index in [9.17, 15) is 30.7 Å². The van der Waals surface area contributed by atoms with Crippen LogP contribution in [0.2, 0.25) is 0 Å². The molecular weight excluding hydrogens is 397 g/mol. The summed E-state index contributed by atoms with van der Waals surface area (Å²) in [6, 6.07) is 6.72. The Bertz CT molecular complexity index is 832. The highest BCUT2D eigenvalue weighted by molar-refractivity contribution is 7.80. The zero-order valence-corrected chi connectivity index (χ0v) is 14.8. The highest BCUT2D eigenvalue weighted by atomic mass is 32.1. The van der Waals surface area contributed by atoms with Crippen molar-refractivity contribution in [1.82, 2.24) is 0 Å². The Labute approximate surface area is 155 Å². The minimum absolute atomic E-state index is 0.255. The van der Waals surface area contributed by atoms with Crippen LogP contribution in [0.25, 0.3) is 0 Å². The first-order valence-electron chi connectivity index (χ1n) is 7.54. The molecule has 0 saturated heterocycles. The topological polar surface area (TPSA) is 24.1 Å². The van der Waals surface area contributed by atoms with E-state index in [0.29, 0.717) is 5.69 Å². The molecule has 0 fully saturated rings. The van der Waals surface area contributed by atoms with Crippen molar-refractivity contribution < 1.29 is 30.7 Å². The first kappa shape index (κ1) is 20.9. The summed E-state index contributed by atoms with van der Waals surface area (Å²) in [4.78, 5) is 0. The number of halogens is 7. The summed E-state index contributed by atoms with van der Waals surface area (Å²) in [7, 11) is 0. The maximum absolute atomic E-state index is 13.8. The Morgan fingerprint density at radius 3 is 1.74 bits per heavy atom. The summed E-state index contributed by atoms with van der Waals surface area (Å²) in [5, 5.41) is 3.89. The van der Waals surface area contributed by atoms with E-state index in [1.165, 1.54) is 0 Å². The smallest absolute Gasteiger partial charge is 0.332 e. The van der Waals surface area contributed by atoms with Crippen LogP contribution in [-0.4, -0.2) is 5.11 Å². The van der Waals surface area contributed by atoms with Crippen molar-refractivity contribution in [1.29, 1.82) is 0 Å². The average Bonchev–Trinajstić information content (AvgIpc) is 2.56. The molecule has 0 spiro atoms. The van der Waals surface area contributed by atoms with Gasteiger partial charge in [-0.3, -0.25) is 0 Å². The van der Waals surface area contributed by atoms with Crippen molar-refractivity contribution >= 4 is 28.7 Å². The number of benzene rings is 2. The molecule has 2 N–H and O–H groups in total. The van der Waals surface area contributed by atoms with Crippen molar-refractivity contribution in [2.24, 2.45) is 0 Å². The molecule has 0 bridgehead atoms. The molecular formula is C17H13F7N2S. The normalized spacial score (nSPS) is 11.6. The van der Waals surface area contributed by atoms with Gasteiger partial charge in [0, 0.05) is 5.69 Å². The Balaban J connectivity index is 2.28. The fourth-order valence-electron chi connectivity index (χ4n) is 2.22. The van der Waals surface area contributed by atoms with Gasteiger partial charge in [0.2, 0.25) is 0 Å². The lowest BCUT2D eigenvalue weighted by molar-refractivity contribution is -0.143. The van der Waals surface area contributed by atoms with E-state index in [2.05, 4.69) is 5.32 Å². The van der Waals surface area contributed by atoms with Gasteiger partial charge in [0.05, 0.1) is 0 Å². The molecule has 2 rings (SSSR count). The van der Waals surface area contributed by atoms with E-state index in [0.717, 1.165) is 5.56 Å². The molecule has 2 nitrogen and oxygen atoms in total. The fraction of sp³-hybridized carbons (Fsp3) is 0.235. The van der Waals surface area contributed by atoms with Crippen molar-refractivity contribution in [2.45, 2.75) is 25.9 Å². The number of thiocarbonyl (C=S) groups is 1. The predicted octanol–water partition coefficient (Wildman–Crippen LogP) is 6.19. The average molecular weight is 410 g/mol. The van der Waals surface area contributed by atoms with Crippen LogP contribution in [0.3, 0.4) is 0 Å². The summed E-state index contributed by atoms with van der Waals surface area (Å²) in [6.45, 7) is 3.93. The van der Waals surface area contributed by atoms with E-state index in [1.807, 2.05) is 19.2 Å². The van der Waals surface area contributed by atoms with Crippen LogP contribution in [0.4, 0.5) is 42.1 Å². The highest BCUT2D eigenvalue weighted by Gasteiger charge is 2.42. The van der Waals surface area contributed by atoms with Gasteiger partial charge in [-0.15, -0.1) is 0 Å². The number of anilines is 2. The minimum Gasteiger partial charge on any atom is -0.332 e. The van der Waals surface area contributed by atoms with Crippen LogP contribution in [0.5, 0.6) is 0 Å². The molecule has 0 aliphatic heterocycles. The Morgan fingerprint density at radius 2 is 1.33 bits per heavy atom. The third-order valence-electron chi connectivity index (χ3n) is 3.62. The molecule has 0 heterocycles. The van der Waals surface area contributed by atoms with Crippen molar-refractivity contribution in [2.75, 3.05) is 10.6 Å². The van der Waals surface area contributed by atoms with E-state index < -0.39 is 45.8 Å². The first-order chi connectivity index (χ1) is 12.4. The third-order valence-corrected chi connectivity index (χ3v) is 3.82. The number of hydrogen-bond donors (Lipinski definition) is 2. The van der Waals surface area contributed by atoms with Crippen LogP contribution in [0.1, 0.15) is 30.9 Å². The molecule has 0 radical (unpaired) electrons. The Hall–Kier alpha value is -2.36. The summed E-state index contributed by atoms with van der Waals surface area (Å²) in [5.74, 6) is -9.34. The Morgan fingerprint density at radius 1 is 0.852 bits per heavy atom. The number of hydrogen-bond acceptors (Lipinski definition) is 1. The lowest BCUT2D eigenvalue weighted by atomic mass is 10.0. The zero-order valence-electron chi connectivity index (χ0n) is 13.9. The van der Waals surface area contributed by atoms with Gasteiger partial charge in [-0.1, -0.05) is 26.0 Å². The highest BCUT2D eigenvalue weighted by Crippen LogP contribution is 2.38. The number of nitrogens with one attached hydrogen (secondary N) is 2. The second-order valence-corrected chi connectivity index (χ2v) is 6.27. The van der Waals surface area contributed by atoms with Crippen molar-refractivity contribution in [3.05, 3.63) is 58.7 Å². The number of rotatable bonds is 3. The maximum atomic E-state index is 13.8. The standard InChI is InChI=1S/C17H13F7N2S/c1-7(2)8-3-5-9(6-4-8)25-16(27)26-15-13(20)11(18)10(17(22,23)24)12(19)14(15)21/h3-7H,1-2H3,(H2,25,26,27). The van der Waals surface area contributed by atoms with E-state index in [4.69, 9.17) is 12.2 Å². The van der Waals surface area contributed by atoms with Crippen molar-refractivity contribution in [3.8, 4) is 0 Å². The molecule has 0 atom stereocenters. The third kappa shape index (κ3) is 4.49. The molecule has 27 heavy (non-hydrogen) atoms. The quantitative estimate of drug-likeness (QED) is 0.358. The summed E-state index contributed by atoms with van der Waals surface area (Å²) >= 11 is 4.79. The maximum Gasteiger partial charge on any atom is 0.422 e. The van der Waals surface area contributed by atoms with E-state index >= 15 is 0 Å². The van der Waals surface area contributed by atoms with Crippen LogP contribution in [0.15, 0.2) is 24.3 Å². The molecule has 0 aliphatic carbocycles. The minimum atomic E-state index is -5.61. The SMILES string of the molecule is CC(C)c1ccc(NC(=S)Nc2c(F)c(F)c(C(F)(F)F)c(F)c2F)cc1. The van der Waals surface area contributed by atoms with Crippen LogP contribution in [0, 0.1) is 23.3 Å². The lowest BCUT2D eigenvalue weighted by Crippen LogP contribution is -2.23. The van der Waals surface area contributed by atoms with E-state index in [-0.39, 0.29) is 5.92 Å². The van der Waals surface area contributed by atoms with Gasteiger partial charge in [0.1, 0.15) is 11.3 Å². The second-order valence-electron chi connectivity index (χ2n) is 5.86. The molecule has 2 aromatic rings. The first-order valence-corrected chi connectivity index (χ1v) is 7.95. The molecule has 0 saturated carbocycles. The lowest BCUT2D eigenvalue weighted by Gasteiger charge is -2.16. The molecule has 10 heteroatoms. The van der Waals surface area contributed by atoms with Gasteiger partial charge < -0.3 is 10.6 Å². The molecule has 0 aromatic heterocycles. The Kier molecular flexibility index (Phi) is 5.98. The van der Waals surface area contributed by atoms with Gasteiger partial charge in [0.15, 0.2) is 28.4 Å². The second kappa shape index (κ2) is 7.71. The van der Waals surface area contributed by atoms with Gasteiger partial charge in [0.25, 0.3) is 0 Å². The van der Waals surface area contributed by atoms with Gasteiger partial charge in [-0.2, -0.15) is 13.2 Å². The molecule has 2 aromatic carbocycles. The molecule has 0 aliphatic rings. The monoisotopic (exact) mass is 410 g/mol. The summed E-state index contributed by atoms with van der Waals surface area (Å²) < 4.78 is 92.6.